The molecule has 2 N–H and O–H groups in total. The van der Waals surface area contributed by atoms with Crippen molar-refractivity contribution < 1.29 is 28.4 Å². The van der Waals surface area contributed by atoms with E-state index in [1.807, 2.05) is 12.1 Å². The van der Waals surface area contributed by atoms with Gasteiger partial charge in [-0.3, -0.25) is 9.32 Å². The fourth-order valence-electron chi connectivity index (χ4n) is 3.53. The second-order valence-corrected chi connectivity index (χ2v) is 9.18. The molecule has 0 aliphatic carbocycles. The molecule has 8 heteroatoms. The van der Waals surface area contributed by atoms with E-state index in [1.54, 1.807) is 4.90 Å². The normalized spacial score (nSPS) is 14.6. The fraction of sp³-hybridized carbons (Fsp3) is 0.682. The Morgan fingerprint density at radius 1 is 1.10 bits per heavy atom. The first kappa shape index (κ1) is 24.9. The van der Waals surface area contributed by atoms with Crippen molar-refractivity contribution in [2.75, 3.05) is 19.7 Å². The van der Waals surface area contributed by atoms with E-state index in [9.17, 15) is 9.36 Å². The zero-order chi connectivity index (χ0) is 21.8. The van der Waals surface area contributed by atoms with Crippen molar-refractivity contribution in [3.63, 3.8) is 0 Å². The quantitative estimate of drug-likeness (QED) is 0.308. The molecule has 0 spiro atoms. The van der Waals surface area contributed by atoms with Crippen LogP contribution in [0.15, 0.2) is 24.3 Å². The molecule has 1 saturated heterocycles. The van der Waals surface area contributed by atoms with Crippen LogP contribution in [0.3, 0.4) is 0 Å². The highest BCUT2D eigenvalue weighted by atomic mass is 31.2. The van der Waals surface area contributed by atoms with E-state index in [1.165, 1.54) is 37.7 Å². The number of carbonyl (C=O) groups is 1. The van der Waals surface area contributed by atoms with Gasteiger partial charge in [0.15, 0.2) is 0 Å². The zero-order valence-electron chi connectivity index (χ0n) is 18.0. The van der Waals surface area contributed by atoms with Gasteiger partial charge in [0, 0.05) is 19.5 Å². The van der Waals surface area contributed by atoms with Crippen molar-refractivity contribution in [1.82, 2.24) is 4.90 Å². The molecular formula is C22H36NO6P. The number of phosphoric ester groups is 1. The van der Waals surface area contributed by atoms with Crippen LogP contribution in [0.5, 0.6) is 5.75 Å². The third kappa shape index (κ3) is 10.1. The number of likely N-dealkylation sites (tertiary alicyclic amines) is 1. The molecule has 7 nitrogen and oxygen atoms in total. The van der Waals surface area contributed by atoms with Crippen molar-refractivity contribution in [2.45, 2.75) is 77.2 Å². The highest BCUT2D eigenvalue weighted by molar-refractivity contribution is 7.46. The highest BCUT2D eigenvalue weighted by Crippen LogP contribution is 2.39. The summed E-state index contributed by atoms with van der Waals surface area (Å²) in [4.78, 5) is 31.2. The van der Waals surface area contributed by atoms with Crippen molar-refractivity contribution >= 4 is 13.7 Å². The lowest BCUT2D eigenvalue weighted by Crippen LogP contribution is -2.54. The van der Waals surface area contributed by atoms with Crippen LogP contribution in [0.4, 0.5) is 0 Å². The number of hydrogen-bond acceptors (Lipinski definition) is 4. The SMILES string of the molecule is CCCCCCCCOc1cccc(CCCCC(=O)N2CC(OP(=O)(O)O)C2)c1. The summed E-state index contributed by atoms with van der Waals surface area (Å²) in [5, 5.41) is 0. The molecular weight excluding hydrogens is 405 g/mol. The number of rotatable bonds is 15. The first-order chi connectivity index (χ1) is 14.4. The number of carbonyl (C=O) groups excluding carboxylic acids is 1. The van der Waals surface area contributed by atoms with Crippen LogP contribution < -0.4 is 4.74 Å². The molecule has 170 valence electrons. The number of nitrogens with zero attached hydrogens (tertiary/aromatic N) is 1. The Bertz CT molecular complexity index is 686. The lowest BCUT2D eigenvalue weighted by molar-refractivity contribution is -0.140. The summed E-state index contributed by atoms with van der Waals surface area (Å²) in [6, 6.07) is 8.17. The van der Waals surface area contributed by atoms with E-state index >= 15 is 0 Å². The summed E-state index contributed by atoms with van der Waals surface area (Å²) in [5.74, 6) is 0.922. The summed E-state index contributed by atoms with van der Waals surface area (Å²) < 4.78 is 21.2. The Morgan fingerprint density at radius 2 is 1.83 bits per heavy atom. The second kappa shape index (κ2) is 13.1. The van der Waals surface area contributed by atoms with Crippen LogP contribution in [0, 0.1) is 0 Å². The number of unbranched alkanes of at least 4 members (excludes halogenated alkanes) is 6. The topological polar surface area (TPSA) is 96.3 Å². The maximum absolute atomic E-state index is 12.1. The number of ether oxygens (including phenoxy) is 1. The van der Waals surface area contributed by atoms with Crippen molar-refractivity contribution in [2.24, 2.45) is 0 Å². The van der Waals surface area contributed by atoms with Gasteiger partial charge < -0.3 is 19.4 Å². The van der Waals surface area contributed by atoms with Crippen LogP contribution in [-0.4, -0.2) is 46.4 Å². The summed E-state index contributed by atoms with van der Waals surface area (Å²) in [5.41, 5.74) is 1.21. The Balaban J connectivity index is 1.55. The third-order valence-electron chi connectivity index (χ3n) is 5.26. The predicted molar refractivity (Wildman–Crippen MR) is 116 cm³/mol. The Hall–Kier alpha value is -1.40. The number of amides is 1. The zero-order valence-corrected chi connectivity index (χ0v) is 18.9. The van der Waals surface area contributed by atoms with Gasteiger partial charge in [0.25, 0.3) is 0 Å². The smallest absolute Gasteiger partial charge is 0.469 e. The summed E-state index contributed by atoms with van der Waals surface area (Å²) >= 11 is 0. The molecule has 0 radical (unpaired) electrons. The van der Waals surface area contributed by atoms with Gasteiger partial charge in [0.2, 0.25) is 5.91 Å². The van der Waals surface area contributed by atoms with Gasteiger partial charge in [0.1, 0.15) is 11.9 Å². The number of phosphoric acid groups is 1. The molecule has 0 atom stereocenters. The molecule has 0 bridgehead atoms. The van der Waals surface area contributed by atoms with Crippen LogP contribution in [-0.2, 0) is 20.3 Å². The summed E-state index contributed by atoms with van der Waals surface area (Å²) in [6.45, 7) is 3.49. The first-order valence-corrected chi connectivity index (χ1v) is 12.6. The van der Waals surface area contributed by atoms with Crippen molar-refractivity contribution in [1.29, 1.82) is 0 Å². The molecule has 1 fully saturated rings. The van der Waals surface area contributed by atoms with E-state index in [4.69, 9.17) is 14.5 Å². The minimum atomic E-state index is -4.47. The molecule has 30 heavy (non-hydrogen) atoms. The Morgan fingerprint density at radius 3 is 2.57 bits per heavy atom. The Labute approximate surface area is 180 Å². The minimum Gasteiger partial charge on any atom is -0.494 e. The maximum atomic E-state index is 12.1. The number of benzene rings is 1. The monoisotopic (exact) mass is 441 g/mol. The van der Waals surface area contributed by atoms with Gasteiger partial charge in [-0.05, 0) is 43.4 Å². The summed E-state index contributed by atoms with van der Waals surface area (Å²) in [6.07, 6.45) is 9.95. The maximum Gasteiger partial charge on any atom is 0.469 e. The van der Waals surface area contributed by atoms with Crippen molar-refractivity contribution in [3.8, 4) is 5.75 Å². The number of hydrogen-bond donors (Lipinski definition) is 2. The molecule has 1 aromatic rings. The average Bonchev–Trinajstić information content (AvgIpc) is 2.66. The first-order valence-electron chi connectivity index (χ1n) is 11.1. The highest BCUT2D eigenvalue weighted by Gasteiger charge is 2.35. The lowest BCUT2D eigenvalue weighted by Gasteiger charge is -2.38. The lowest BCUT2D eigenvalue weighted by atomic mass is 10.1. The van der Waals surface area contributed by atoms with E-state index in [-0.39, 0.29) is 19.0 Å². The van der Waals surface area contributed by atoms with E-state index in [0.29, 0.717) is 6.42 Å². The van der Waals surface area contributed by atoms with Crippen LogP contribution in [0.1, 0.15) is 70.3 Å². The second-order valence-electron chi connectivity index (χ2n) is 7.99. The van der Waals surface area contributed by atoms with E-state index in [0.717, 1.165) is 38.0 Å². The predicted octanol–water partition coefficient (Wildman–Crippen LogP) is 4.46. The number of aryl methyl sites for hydroxylation is 1. The molecule has 1 amide bonds. The van der Waals surface area contributed by atoms with Gasteiger partial charge in [-0.15, -0.1) is 0 Å². The molecule has 1 aliphatic rings. The van der Waals surface area contributed by atoms with Gasteiger partial charge >= 0.3 is 7.82 Å². The van der Waals surface area contributed by atoms with Gasteiger partial charge in [-0.25, -0.2) is 4.57 Å². The fourth-order valence-corrected chi connectivity index (χ4v) is 4.05. The van der Waals surface area contributed by atoms with Crippen LogP contribution >= 0.6 is 7.82 Å². The van der Waals surface area contributed by atoms with Gasteiger partial charge in [-0.2, -0.15) is 0 Å². The molecule has 1 heterocycles. The molecule has 1 aliphatic heterocycles. The molecule has 0 saturated carbocycles. The van der Waals surface area contributed by atoms with E-state index < -0.39 is 13.9 Å². The third-order valence-corrected chi connectivity index (χ3v) is 5.83. The van der Waals surface area contributed by atoms with E-state index in [2.05, 4.69) is 23.6 Å². The Kier molecular flexibility index (Phi) is 10.9. The molecule has 2 rings (SSSR count). The van der Waals surface area contributed by atoms with Gasteiger partial charge in [0.05, 0.1) is 6.61 Å². The van der Waals surface area contributed by atoms with Gasteiger partial charge in [-0.1, -0.05) is 51.2 Å². The van der Waals surface area contributed by atoms with Crippen LogP contribution in [0.25, 0.3) is 0 Å². The minimum absolute atomic E-state index is 0.0107. The largest absolute Gasteiger partial charge is 0.494 e. The molecule has 0 aromatic heterocycles. The standard InChI is InChI=1S/C22H36NO6P/c1-2-3-4-5-6-9-15-28-20-13-10-12-19(16-20)11-7-8-14-22(24)23-17-21(18-23)29-30(25,26)27/h10,12-13,16,21H,2-9,11,14-15,17-18H2,1H3,(H2,25,26,27). The molecule has 0 unspecified atom stereocenters. The molecule has 1 aromatic carbocycles. The van der Waals surface area contributed by atoms with Crippen molar-refractivity contribution in [3.05, 3.63) is 29.8 Å². The average molecular weight is 442 g/mol. The van der Waals surface area contributed by atoms with Crippen LogP contribution in [0.2, 0.25) is 0 Å². The summed E-state index contributed by atoms with van der Waals surface area (Å²) in [7, 11) is -4.47.